The molecule has 1 heterocycles. The number of anilines is 1. The maximum atomic E-state index is 13.0. The number of ether oxygens (including phenoxy) is 2. The fourth-order valence-electron chi connectivity index (χ4n) is 3.62. The average molecular weight is 432 g/mol. The predicted octanol–water partition coefficient (Wildman–Crippen LogP) is 4.63. The zero-order valence-corrected chi connectivity index (χ0v) is 17.5. The molecule has 4 rings (SSSR count). The van der Waals surface area contributed by atoms with Crippen LogP contribution in [-0.2, 0) is 14.3 Å². The number of aryl methyl sites for hydroxylation is 2. The lowest BCUT2D eigenvalue weighted by Gasteiger charge is -2.26. The van der Waals surface area contributed by atoms with Gasteiger partial charge in [0.2, 0.25) is 0 Å². The largest absolute Gasteiger partial charge is 0.457 e. The first-order chi connectivity index (χ1) is 15.3. The summed E-state index contributed by atoms with van der Waals surface area (Å²) >= 11 is 0. The Morgan fingerprint density at radius 1 is 1.00 bits per heavy atom. The first-order valence-electron chi connectivity index (χ1n) is 9.93. The molecule has 1 amide bonds. The van der Waals surface area contributed by atoms with E-state index in [1.54, 1.807) is 62.4 Å². The van der Waals surface area contributed by atoms with Crippen molar-refractivity contribution in [3.63, 3.8) is 0 Å². The molecular weight excluding hydrogens is 412 g/mol. The van der Waals surface area contributed by atoms with Crippen molar-refractivity contribution in [1.82, 2.24) is 0 Å². The van der Waals surface area contributed by atoms with Gasteiger partial charge in [-0.25, -0.2) is 0 Å². The molecule has 162 valence electrons. The van der Waals surface area contributed by atoms with Crippen LogP contribution in [-0.4, -0.2) is 23.4 Å². The van der Waals surface area contributed by atoms with E-state index in [0.717, 1.165) is 11.1 Å². The number of amides is 1. The fourth-order valence-corrected chi connectivity index (χ4v) is 3.62. The third kappa shape index (κ3) is 4.02. The van der Waals surface area contributed by atoms with Crippen molar-refractivity contribution in [3.05, 3.63) is 93.0 Å². The highest BCUT2D eigenvalue weighted by atomic mass is 16.6. The summed E-state index contributed by atoms with van der Waals surface area (Å²) in [5.41, 5.74) is 2.64. The second kappa shape index (κ2) is 8.50. The van der Waals surface area contributed by atoms with Crippen LogP contribution in [0.1, 0.15) is 28.2 Å². The maximum absolute atomic E-state index is 13.0. The predicted molar refractivity (Wildman–Crippen MR) is 117 cm³/mol. The number of nitrogens with zero attached hydrogens (tertiary/aromatic N) is 1. The number of nitro benzene ring substituents is 1. The van der Waals surface area contributed by atoms with Gasteiger partial charge in [0.25, 0.3) is 11.6 Å². The molecule has 0 aromatic heterocycles. The molecule has 3 aromatic rings. The summed E-state index contributed by atoms with van der Waals surface area (Å²) in [6.07, 6.45) is 0. The van der Waals surface area contributed by atoms with Crippen LogP contribution in [0.5, 0.6) is 11.5 Å². The van der Waals surface area contributed by atoms with Gasteiger partial charge in [-0.2, -0.15) is 0 Å². The number of esters is 1. The van der Waals surface area contributed by atoms with Gasteiger partial charge in [0.1, 0.15) is 23.1 Å². The van der Waals surface area contributed by atoms with Crippen molar-refractivity contribution in [3.8, 4) is 11.5 Å². The van der Waals surface area contributed by atoms with Crippen molar-refractivity contribution in [2.45, 2.75) is 19.8 Å². The molecule has 8 heteroatoms. The quantitative estimate of drug-likeness (QED) is 0.358. The van der Waals surface area contributed by atoms with E-state index < -0.39 is 29.3 Å². The van der Waals surface area contributed by atoms with Gasteiger partial charge in [-0.3, -0.25) is 19.7 Å². The number of nitrogens with one attached hydrogen (secondary N) is 1. The van der Waals surface area contributed by atoms with Crippen molar-refractivity contribution in [2.75, 3.05) is 11.9 Å². The van der Waals surface area contributed by atoms with E-state index in [-0.39, 0.29) is 11.4 Å². The molecule has 32 heavy (non-hydrogen) atoms. The Morgan fingerprint density at radius 3 is 2.16 bits per heavy atom. The van der Waals surface area contributed by atoms with Crippen LogP contribution in [0, 0.1) is 24.0 Å². The number of para-hydroxylation sites is 2. The number of carbonyl (C=O) groups excluding carboxylic acids is 2. The molecule has 1 aliphatic rings. The number of nitro groups is 1. The lowest BCUT2D eigenvalue weighted by atomic mass is 9.88. The van der Waals surface area contributed by atoms with E-state index in [9.17, 15) is 19.7 Å². The van der Waals surface area contributed by atoms with Crippen molar-refractivity contribution < 1.29 is 24.0 Å². The summed E-state index contributed by atoms with van der Waals surface area (Å²) in [5.74, 6) is -0.942. The minimum Gasteiger partial charge on any atom is -0.457 e. The third-order valence-corrected chi connectivity index (χ3v) is 5.34. The standard InChI is InChI=1S/C24H20N2O6/c1-14-11-18(19(26(29)30)12-15(14)2)25-22(27)13-31-24(28)23-16-7-3-5-9-20(16)32-21-10-6-4-8-17(21)23/h3-12,23H,13H2,1-2H3,(H,25,27). The smallest absolute Gasteiger partial charge is 0.318 e. The second-order valence-electron chi connectivity index (χ2n) is 7.48. The Labute approximate surface area is 183 Å². The van der Waals surface area contributed by atoms with Gasteiger partial charge in [0.05, 0.1) is 4.92 Å². The number of hydrogen-bond donors (Lipinski definition) is 1. The normalized spacial score (nSPS) is 12.2. The minimum absolute atomic E-state index is 0.0564. The molecule has 0 aliphatic carbocycles. The van der Waals surface area contributed by atoms with E-state index in [2.05, 4.69) is 5.32 Å². The van der Waals surface area contributed by atoms with Gasteiger partial charge in [0, 0.05) is 17.2 Å². The Balaban J connectivity index is 1.51. The van der Waals surface area contributed by atoms with Crippen LogP contribution in [0.3, 0.4) is 0 Å². The van der Waals surface area contributed by atoms with Gasteiger partial charge < -0.3 is 14.8 Å². The monoisotopic (exact) mass is 432 g/mol. The van der Waals surface area contributed by atoms with E-state index >= 15 is 0 Å². The SMILES string of the molecule is Cc1cc(NC(=O)COC(=O)C2c3ccccc3Oc3ccccc32)c([N+](=O)[O-])cc1C. The summed E-state index contributed by atoms with van der Waals surface area (Å²) in [6.45, 7) is 2.96. The zero-order chi connectivity index (χ0) is 22.8. The van der Waals surface area contributed by atoms with Gasteiger partial charge in [-0.05, 0) is 43.2 Å². The molecule has 0 fully saturated rings. The van der Waals surface area contributed by atoms with Crippen LogP contribution in [0.4, 0.5) is 11.4 Å². The minimum atomic E-state index is -0.750. The van der Waals surface area contributed by atoms with Crippen molar-refractivity contribution in [2.24, 2.45) is 0 Å². The summed E-state index contributed by atoms with van der Waals surface area (Å²) in [4.78, 5) is 36.2. The van der Waals surface area contributed by atoms with Crippen LogP contribution >= 0.6 is 0 Å². The molecule has 0 bridgehead atoms. The molecule has 0 radical (unpaired) electrons. The van der Waals surface area contributed by atoms with Gasteiger partial charge >= 0.3 is 5.97 Å². The van der Waals surface area contributed by atoms with Crippen LogP contribution in [0.15, 0.2) is 60.7 Å². The average Bonchev–Trinajstić information content (AvgIpc) is 2.77. The lowest BCUT2D eigenvalue weighted by Crippen LogP contribution is -2.26. The molecule has 8 nitrogen and oxygen atoms in total. The second-order valence-corrected chi connectivity index (χ2v) is 7.48. The summed E-state index contributed by atoms with van der Waals surface area (Å²) in [7, 11) is 0. The number of carbonyl (C=O) groups is 2. The summed E-state index contributed by atoms with van der Waals surface area (Å²) < 4.78 is 11.2. The van der Waals surface area contributed by atoms with Gasteiger partial charge in [-0.1, -0.05) is 36.4 Å². The maximum Gasteiger partial charge on any atom is 0.318 e. The van der Waals surface area contributed by atoms with E-state index in [1.165, 1.54) is 12.1 Å². The first kappa shape index (κ1) is 21.0. The molecule has 1 N–H and O–H groups in total. The number of hydrogen-bond acceptors (Lipinski definition) is 6. The van der Waals surface area contributed by atoms with E-state index in [1.807, 2.05) is 0 Å². The van der Waals surface area contributed by atoms with Crippen molar-refractivity contribution in [1.29, 1.82) is 0 Å². The Bertz CT molecular complexity index is 1190. The highest BCUT2D eigenvalue weighted by Gasteiger charge is 2.34. The van der Waals surface area contributed by atoms with Crippen molar-refractivity contribution >= 4 is 23.3 Å². The first-order valence-corrected chi connectivity index (χ1v) is 9.93. The topological polar surface area (TPSA) is 108 Å². The third-order valence-electron chi connectivity index (χ3n) is 5.34. The summed E-state index contributed by atoms with van der Waals surface area (Å²) in [6, 6.07) is 17.2. The highest BCUT2D eigenvalue weighted by Crippen LogP contribution is 2.44. The fraction of sp³-hybridized carbons (Fsp3) is 0.167. The molecule has 0 saturated heterocycles. The molecule has 0 saturated carbocycles. The number of benzene rings is 3. The Kier molecular flexibility index (Phi) is 5.59. The molecule has 1 aliphatic heterocycles. The summed E-state index contributed by atoms with van der Waals surface area (Å²) in [5, 5.41) is 13.8. The zero-order valence-electron chi connectivity index (χ0n) is 17.5. The molecule has 0 spiro atoms. The Morgan fingerprint density at radius 2 is 1.56 bits per heavy atom. The van der Waals surface area contributed by atoms with E-state index in [0.29, 0.717) is 22.6 Å². The van der Waals surface area contributed by atoms with Gasteiger partial charge in [0.15, 0.2) is 6.61 Å². The highest BCUT2D eigenvalue weighted by molar-refractivity contribution is 5.96. The number of fused-ring (bicyclic) bond motifs is 2. The molecular formula is C24H20N2O6. The van der Waals surface area contributed by atoms with Crippen LogP contribution in [0.25, 0.3) is 0 Å². The Hall–Kier alpha value is -4.20. The molecule has 0 unspecified atom stereocenters. The van der Waals surface area contributed by atoms with Crippen LogP contribution < -0.4 is 10.1 Å². The number of rotatable bonds is 5. The molecule has 3 aromatic carbocycles. The lowest BCUT2D eigenvalue weighted by molar-refractivity contribution is -0.384. The van der Waals surface area contributed by atoms with E-state index in [4.69, 9.17) is 9.47 Å². The van der Waals surface area contributed by atoms with Gasteiger partial charge in [-0.15, -0.1) is 0 Å². The molecule has 0 atom stereocenters. The van der Waals surface area contributed by atoms with Crippen LogP contribution in [0.2, 0.25) is 0 Å².